The Morgan fingerprint density at radius 2 is 2.03 bits per heavy atom. The molecule has 0 saturated heterocycles. The summed E-state index contributed by atoms with van der Waals surface area (Å²) in [6.07, 6.45) is 0. The zero-order chi connectivity index (χ0) is 21.4. The number of esters is 1. The highest BCUT2D eigenvalue weighted by atomic mass is 32.1. The molecule has 0 aliphatic rings. The minimum Gasteiger partial charge on any atom is -0.497 e. The summed E-state index contributed by atoms with van der Waals surface area (Å²) in [7, 11) is 1.66. The van der Waals surface area contributed by atoms with Crippen molar-refractivity contribution in [1.82, 2.24) is 15.6 Å². The molecule has 0 amide bonds. The van der Waals surface area contributed by atoms with Gasteiger partial charge in [-0.2, -0.15) is 0 Å². The molecule has 0 aliphatic carbocycles. The number of aryl methyl sites for hydroxylation is 2. The molecule has 1 atom stereocenters. The SMILES string of the molecule is CCNC(=NCc1cc(C)cc(OC)c1)NC(C)c1nc(C)c(C(=O)OCC)s1. The smallest absolute Gasteiger partial charge is 0.350 e. The number of aromatic nitrogens is 1. The molecular formula is C21H30N4O3S. The molecule has 1 heterocycles. The third-order valence-corrected chi connectivity index (χ3v) is 5.43. The number of methoxy groups -OCH3 is 1. The third kappa shape index (κ3) is 6.45. The van der Waals surface area contributed by atoms with Gasteiger partial charge in [-0.15, -0.1) is 11.3 Å². The number of rotatable bonds is 8. The van der Waals surface area contributed by atoms with Crippen LogP contribution in [0.4, 0.5) is 0 Å². The minimum absolute atomic E-state index is 0.105. The van der Waals surface area contributed by atoms with E-state index in [0.717, 1.165) is 28.4 Å². The first-order valence-electron chi connectivity index (χ1n) is 9.71. The molecule has 0 fully saturated rings. The predicted octanol–water partition coefficient (Wildman–Crippen LogP) is 3.76. The highest BCUT2D eigenvalue weighted by Gasteiger charge is 2.20. The number of hydrogen-bond donors (Lipinski definition) is 2. The van der Waals surface area contributed by atoms with Gasteiger partial charge in [0.05, 0.1) is 32.0 Å². The van der Waals surface area contributed by atoms with Gasteiger partial charge in [0.1, 0.15) is 15.6 Å². The van der Waals surface area contributed by atoms with Crippen LogP contribution in [0.2, 0.25) is 0 Å². The Kier molecular flexibility index (Phi) is 8.45. The summed E-state index contributed by atoms with van der Waals surface area (Å²) < 4.78 is 10.4. The number of hydrogen-bond acceptors (Lipinski definition) is 6. The number of benzene rings is 1. The van der Waals surface area contributed by atoms with Crippen LogP contribution in [0.5, 0.6) is 5.75 Å². The lowest BCUT2D eigenvalue weighted by Crippen LogP contribution is -2.38. The summed E-state index contributed by atoms with van der Waals surface area (Å²) in [5, 5.41) is 7.43. The van der Waals surface area contributed by atoms with E-state index in [0.29, 0.717) is 29.7 Å². The summed E-state index contributed by atoms with van der Waals surface area (Å²) in [4.78, 5) is 21.8. The van der Waals surface area contributed by atoms with E-state index < -0.39 is 0 Å². The van der Waals surface area contributed by atoms with E-state index in [1.165, 1.54) is 11.3 Å². The second-order valence-corrected chi connectivity index (χ2v) is 7.64. The van der Waals surface area contributed by atoms with Gasteiger partial charge in [0.2, 0.25) is 0 Å². The number of thiazole rings is 1. The van der Waals surface area contributed by atoms with Crippen LogP contribution in [0, 0.1) is 13.8 Å². The van der Waals surface area contributed by atoms with Crippen LogP contribution in [0.25, 0.3) is 0 Å². The fourth-order valence-electron chi connectivity index (χ4n) is 2.78. The van der Waals surface area contributed by atoms with Crippen molar-refractivity contribution in [2.45, 2.75) is 47.2 Å². The van der Waals surface area contributed by atoms with E-state index in [2.05, 4.69) is 26.7 Å². The average Bonchev–Trinajstić information content (AvgIpc) is 3.08. The number of ether oxygens (including phenoxy) is 2. The van der Waals surface area contributed by atoms with Crippen molar-refractivity contribution >= 4 is 23.3 Å². The lowest BCUT2D eigenvalue weighted by molar-refractivity contribution is 0.0531. The van der Waals surface area contributed by atoms with Crippen molar-refractivity contribution in [3.63, 3.8) is 0 Å². The lowest BCUT2D eigenvalue weighted by atomic mass is 10.1. The maximum Gasteiger partial charge on any atom is 0.350 e. The molecule has 158 valence electrons. The first-order valence-corrected chi connectivity index (χ1v) is 10.5. The van der Waals surface area contributed by atoms with E-state index in [4.69, 9.17) is 9.47 Å². The molecule has 2 aromatic rings. The molecule has 1 aromatic heterocycles. The van der Waals surface area contributed by atoms with Crippen LogP contribution in [-0.4, -0.2) is 37.2 Å². The number of nitrogens with zero attached hydrogens (tertiary/aromatic N) is 2. The Labute approximate surface area is 176 Å². The van der Waals surface area contributed by atoms with Gasteiger partial charge in [-0.1, -0.05) is 6.07 Å². The summed E-state index contributed by atoms with van der Waals surface area (Å²) in [6, 6.07) is 5.96. The average molecular weight is 419 g/mol. The second-order valence-electron chi connectivity index (χ2n) is 6.61. The Hall–Kier alpha value is -2.61. The molecule has 7 nitrogen and oxygen atoms in total. The first kappa shape index (κ1) is 22.7. The minimum atomic E-state index is -0.324. The van der Waals surface area contributed by atoms with Gasteiger partial charge >= 0.3 is 5.97 Å². The molecule has 29 heavy (non-hydrogen) atoms. The molecule has 2 N–H and O–H groups in total. The summed E-state index contributed by atoms with van der Waals surface area (Å²) >= 11 is 1.35. The first-order chi connectivity index (χ1) is 13.9. The van der Waals surface area contributed by atoms with Crippen molar-refractivity contribution in [3.8, 4) is 5.75 Å². The molecule has 0 radical (unpaired) electrons. The predicted molar refractivity (Wildman–Crippen MR) is 117 cm³/mol. The number of aliphatic imine (C=N–C) groups is 1. The molecule has 1 aromatic carbocycles. The van der Waals surface area contributed by atoms with Crippen molar-refractivity contribution in [3.05, 3.63) is 44.9 Å². The zero-order valence-corrected chi connectivity index (χ0v) is 18.8. The molecule has 0 bridgehead atoms. The molecule has 2 rings (SSSR count). The highest BCUT2D eigenvalue weighted by molar-refractivity contribution is 7.13. The molecule has 0 spiro atoms. The van der Waals surface area contributed by atoms with Gasteiger partial charge in [-0.05, 0) is 57.9 Å². The van der Waals surface area contributed by atoms with Crippen molar-refractivity contribution < 1.29 is 14.3 Å². The van der Waals surface area contributed by atoms with Gasteiger partial charge in [0, 0.05) is 6.54 Å². The van der Waals surface area contributed by atoms with Crippen LogP contribution in [0.15, 0.2) is 23.2 Å². The van der Waals surface area contributed by atoms with Gasteiger partial charge in [0.25, 0.3) is 0 Å². The maximum atomic E-state index is 12.0. The maximum absolute atomic E-state index is 12.0. The molecule has 0 saturated carbocycles. The Morgan fingerprint density at radius 1 is 1.28 bits per heavy atom. The van der Waals surface area contributed by atoms with Gasteiger partial charge < -0.3 is 20.1 Å². The van der Waals surface area contributed by atoms with Gasteiger partial charge in [-0.25, -0.2) is 14.8 Å². The lowest BCUT2D eigenvalue weighted by Gasteiger charge is -2.16. The monoisotopic (exact) mass is 418 g/mol. The summed E-state index contributed by atoms with van der Waals surface area (Å²) in [5.41, 5.74) is 2.89. The quantitative estimate of drug-likeness (QED) is 0.386. The van der Waals surface area contributed by atoms with Crippen molar-refractivity contribution in [1.29, 1.82) is 0 Å². The zero-order valence-electron chi connectivity index (χ0n) is 18.0. The van der Waals surface area contributed by atoms with Crippen molar-refractivity contribution in [2.75, 3.05) is 20.3 Å². The van der Waals surface area contributed by atoms with Crippen LogP contribution in [0.1, 0.15) is 58.3 Å². The Bertz CT molecular complexity index is 864. The number of carbonyl (C=O) groups is 1. The standard InChI is InChI=1S/C21H30N4O3S/c1-7-22-21(23-12-16-9-13(3)10-17(11-16)27-6)25-15(5)19-24-14(4)18(29-19)20(26)28-8-2/h9-11,15H,7-8,12H2,1-6H3,(H2,22,23,25). The van der Waals surface area contributed by atoms with Crippen LogP contribution in [-0.2, 0) is 11.3 Å². The van der Waals surface area contributed by atoms with Crippen LogP contribution >= 0.6 is 11.3 Å². The van der Waals surface area contributed by atoms with E-state index in [9.17, 15) is 4.79 Å². The Balaban J connectivity index is 2.13. The van der Waals surface area contributed by atoms with E-state index >= 15 is 0 Å². The Morgan fingerprint density at radius 3 is 2.69 bits per heavy atom. The normalized spacial score (nSPS) is 12.4. The van der Waals surface area contributed by atoms with Crippen molar-refractivity contribution in [2.24, 2.45) is 4.99 Å². The molecule has 1 unspecified atom stereocenters. The largest absolute Gasteiger partial charge is 0.497 e. The summed E-state index contributed by atoms with van der Waals surface area (Å²) in [6.45, 7) is 11.3. The second kappa shape index (κ2) is 10.8. The van der Waals surface area contributed by atoms with Crippen LogP contribution < -0.4 is 15.4 Å². The van der Waals surface area contributed by atoms with E-state index in [-0.39, 0.29) is 12.0 Å². The molecule has 0 aliphatic heterocycles. The number of guanidine groups is 1. The highest BCUT2D eigenvalue weighted by Crippen LogP contribution is 2.24. The molecular weight excluding hydrogens is 388 g/mol. The molecule has 8 heteroatoms. The van der Waals surface area contributed by atoms with Gasteiger partial charge in [-0.3, -0.25) is 0 Å². The van der Waals surface area contributed by atoms with E-state index in [1.54, 1.807) is 14.0 Å². The van der Waals surface area contributed by atoms with Crippen LogP contribution in [0.3, 0.4) is 0 Å². The number of carbonyl (C=O) groups excluding carboxylic acids is 1. The fraction of sp³-hybridized carbons (Fsp3) is 0.476. The summed E-state index contributed by atoms with van der Waals surface area (Å²) in [5.74, 6) is 1.19. The topological polar surface area (TPSA) is 84.8 Å². The third-order valence-electron chi connectivity index (χ3n) is 4.11. The number of nitrogens with one attached hydrogen (secondary N) is 2. The van der Waals surface area contributed by atoms with E-state index in [1.807, 2.05) is 39.8 Å². The van der Waals surface area contributed by atoms with Gasteiger partial charge in [0.15, 0.2) is 5.96 Å². The fourth-order valence-corrected chi connectivity index (χ4v) is 3.74.